The number of hydrogen-bond donors (Lipinski definition) is 1. The Balaban J connectivity index is 2.43. The van der Waals surface area contributed by atoms with Gasteiger partial charge in [0.1, 0.15) is 12.4 Å². The average molecular weight is 217 g/mol. The molecule has 2 rings (SSSR count). The van der Waals surface area contributed by atoms with Crippen LogP contribution in [0.4, 0.5) is 0 Å². The van der Waals surface area contributed by atoms with Crippen molar-refractivity contribution in [3.63, 3.8) is 0 Å². The third-order valence-corrected chi connectivity index (χ3v) is 4.49. The number of rotatable bonds is 1. The number of hydroxylamine groups is 3. The Kier molecular flexibility index (Phi) is 1.78. The fourth-order valence-electron chi connectivity index (χ4n) is 2.25. The van der Waals surface area contributed by atoms with Crippen LogP contribution in [-0.4, -0.2) is 37.9 Å². The van der Waals surface area contributed by atoms with Gasteiger partial charge in [0.15, 0.2) is 11.4 Å². The van der Waals surface area contributed by atoms with E-state index >= 15 is 0 Å². The van der Waals surface area contributed by atoms with Crippen molar-refractivity contribution in [1.82, 2.24) is 0 Å². The third kappa shape index (κ3) is 0.933. The van der Waals surface area contributed by atoms with E-state index in [-0.39, 0.29) is 11.8 Å². The second-order valence-electron chi connectivity index (χ2n) is 4.23. The molecule has 1 N–H and O–H groups in total. The lowest BCUT2D eigenvalue weighted by Gasteiger charge is -2.41. The zero-order valence-corrected chi connectivity index (χ0v) is 8.71. The summed E-state index contributed by atoms with van der Waals surface area (Å²) in [7, 11) is 0. The quantitative estimate of drug-likeness (QED) is 0.349. The van der Waals surface area contributed by atoms with E-state index in [4.69, 9.17) is 0 Å². The first kappa shape index (κ1) is 9.95. The predicted octanol–water partition coefficient (Wildman–Crippen LogP) is -0.907. The topological polar surface area (TPSA) is 77.4 Å². The number of carboxylic acid groups (broad SMARTS) is 1. The van der Waals surface area contributed by atoms with E-state index in [2.05, 4.69) is 0 Å². The van der Waals surface area contributed by atoms with Gasteiger partial charge in [-0.15, -0.1) is 0 Å². The number of quaternary nitrogens is 1. The highest BCUT2D eigenvalue weighted by molar-refractivity contribution is 8.01. The molecular formula is C8H11NO4S. The van der Waals surface area contributed by atoms with Crippen molar-refractivity contribution in [2.45, 2.75) is 36.4 Å². The normalized spacial score (nSPS) is 44.4. The summed E-state index contributed by atoms with van der Waals surface area (Å²) >= 11 is 1.34. The molecule has 2 heterocycles. The van der Waals surface area contributed by atoms with E-state index < -0.39 is 27.3 Å². The summed E-state index contributed by atoms with van der Waals surface area (Å²) in [4.78, 5) is 22.2. The van der Waals surface area contributed by atoms with Crippen LogP contribution < -0.4 is 5.11 Å². The fourth-order valence-corrected chi connectivity index (χ4v) is 3.96. The monoisotopic (exact) mass is 217 g/mol. The van der Waals surface area contributed by atoms with Crippen molar-refractivity contribution in [3.05, 3.63) is 0 Å². The number of fused-ring (bicyclic) bond motifs is 1. The van der Waals surface area contributed by atoms with Crippen LogP contribution in [0.1, 0.15) is 20.3 Å². The summed E-state index contributed by atoms with van der Waals surface area (Å²) in [5, 5.41) is 20.5. The van der Waals surface area contributed by atoms with Crippen molar-refractivity contribution >= 4 is 23.6 Å². The number of hydrogen-bond acceptors (Lipinski definition) is 5. The van der Waals surface area contributed by atoms with Crippen LogP contribution in [0.15, 0.2) is 0 Å². The number of carboxylic acids is 1. The fraction of sp³-hybridized carbons (Fsp3) is 0.750. The Hall–Kier alpha value is -0.590. The number of nitrogens with zero attached hydrogens (tertiary/aromatic N) is 1. The molecule has 2 saturated heterocycles. The number of aliphatic carboxylic acids is 1. The standard InChI is InChI=1S/C8H11NO4S/c1-8(2)6(7(11)12)9(13)4(10)3-5(9)14-8/h5-6,13H,3H2,1-2H3/t5-,6+,9?/m1/s1. The van der Waals surface area contributed by atoms with Crippen LogP contribution in [0.5, 0.6) is 0 Å². The van der Waals surface area contributed by atoms with Gasteiger partial charge in [-0.05, 0) is 13.8 Å². The minimum absolute atomic E-state index is 0.244. The Morgan fingerprint density at radius 3 is 2.64 bits per heavy atom. The number of carbonyl (C=O) groups excluding carboxylic acids is 2. The highest BCUT2D eigenvalue weighted by Crippen LogP contribution is 2.54. The van der Waals surface area contributed by atoms with E-state index in [0.717, 1.165) is 0 Å². The lowest BCUT2D eigenvalue weighted by atomic mass is 9.97. The highest BCUT2D eigenvalue weighted by Gasteiger charge is 2.72. The zero-order valence-electron chi connectivity index (χ0n) is 7.89. The Labute approximate surface area is 85.2 Å². The van der Waals surface area contributed by atoms with Gasteiger partial charge in [0.05, 0.1) is 4.75 Å². The molecule has 0 radical (unpaired) electrons. The number of β-lactam (4-membered cyclic amide) rings is 1. The molecule has 1 amide bonds. The van der Waals surface area contributed by atoms with Crippen LogP contribution in [-0.2, 0) is 9.59 Å². The van der Waals surface area contributed by atoms with Crippen molar-refractivity contribution in [1.29, 1.82) is 0 Å². The van der Waals surface area contributed by atoms with Crippen molar-refractivity contribution in [2.24, 2.45) is 0 Å². The van der Waals surface area contributed by atoms with E-state index in [9.17, 15) is 19.9 Å². The van der Waals surface area contributed by atoms with Gasteiger partial charge in [0.2, 0.25) is 0 Å². The summed E-state index contributed by atoms with van der Waals surface area (Å²) in [6, 6.07) is -1.15. The minimum Gasteiger partial charge on any atom is -0.544 e. The van der Waals surface area contributed by atoms with Crippen molar-refractivity contribution in [2.75, 3.05) is 0 Å². The van der Waals surface area contributed by atoms with Crippen LogP contribution in [0, 0.1) is 0 Å². The largest absolute Gasteiger partial charge is 0.544 e. The van der Waals surface area contributed by atoms with Gasteiger partial charge in [0.25, 0.3) is 0 Å². The molecule has 3 atom stereocenters. The molecular weight excluding hydrogens is 206 g/mol. The molecule has 0 saturated carbocycles. The SMILES string of the molecule is CC1(C)S[C@@H]2CC(=O)[N+]2(O)[C@H]1C(=O)[O-]. The van der Waals surface area contributed by atoms with Crippen LogP contribution in [0.2, 0.25) is 0 Å². The van der Waals surface area contributed by atoms with Gasteiger partial charge >= 0.3 is 5.91 Å². The second kappa shape index (κ2) is 2.50. The maximum atomic E-state index is 11.3. The number of amides is 1. The number of thioether (sulfide) groups is 1. The van der Waals surface area contributed by atoms with Gasteiger partial charge in [-0.25, -0.2) is 10.0 Å². The molecule has 0 aliphatic carbocycles. The summed E-state index contributed by atoms with van der Waals surface area (Å²) in [5.41, 5.74) is 0. The first-order chi connectivity index (χ1) is 6.30. The molecule has 0 aromatic heterocycles. The Morgan fingerprint density at radius 2 is 2.29 bits per heavy atom. The van der Waals surface area contributed by atoms with Gasteiger partial charge in [-0.3, -0.25) is 0 Å². The molecule has 0 aromatic rings. The molecule has 0 aromatic carbocycles. The molecule has 78 valence electrons. The molecule has 14 heavy (non-hydrogen) atoms. The molecule has 6 heteroatoms. The van der Waals surface area contributed by atoms with E-state index in [1.807, 2.05) is 0 Å². The first-order valence-electron chi connectivity index (χ1n) is 4.33. The van der Waals surface area contributed by atoms with E-state index in [0.29, 0.717) is 0 Å². The lowest BCUT2D eigenvalue weighted by Crippen LogP contribution is -2.72. The molecule has 5 nitrogen and oxygen atoms in total. The molecule has 2 fully saturated rings. The maximum absolute atomic E-state index is 11.3. The summed E-state index contributed by atoms with van der Waals surface area (Å²) in [6.45, 7) is 3.42. The van der Waals surface area contributed by atoms with E-state index in [1.165, 1.54) is 11.8 Å². The Bertz CT molecular complexity index is 329. The Morgan fingerprint density at radius 1 is 1.71 bits per heavy atom. The minimum atomic E-state index is -1.36. The van der Waals surface area contributed by atoms with Crippen molar-refractivity contribution in [3.8, 4) is 0 Å². The zero-order chi connectivity index (χ0) is 10.7. The molecule has 0 bridgehead atoms. The highest BCUT2D eigenvalue weighted by atomic mass is 32.2. The summed E-state index contributed by atoms with van der Waals surface area (Å²) in [6.07, 6.45) is 0.244. The first-order valence-corrected chi connectivity index (χ1v) is 5.21. The maximum Gasteiger partial charge on any atom is 0.354 e. The summed E-state index contributed by atoms with van der Waals surface area (Å²) < 4.78 is -1.63. The van der Waals surface area contributed by atoms with Crippen LogP contribution in [0.3, 0.4) is 0 Å². The van der Waals surface area contributed by atoms with Gasteiger partial charge in [-0.2, -0.15) is 0 Å². The van der Waals surface area contributed by atoms with Gasteiger partial charge in [-0.1, -0.05) is 16.4 Å². The lowest BCUT2D eigenvalue weighted by molar-refractivity contribution is -1.08. The van der Waals surface area contributed by atoms with Gasteiger partial charge in [0, 0.05) is 0 Å². The molecule has 2 aliphatic heterocycles. The number of carbonyl (C=O) groups is 2. The average Bonchev–Trinajstić information content (AvgIpc) is 2.17. The second-order valence-corrected chi connectivity index (χ2v) is 6.07. The predicted molar refractivity (Wildman–Crippen MR) is 45.9 cm³/mol. The van der Waals surface area contributed by atoms with Crippen LogP contribution >= 0.6 is 11.8 Å². The summed E-state index contributed by atoms with van der Waals surface area (Å²) in [5.74, 6) is -1.79. The molecule has 1 unspecified atom stereocenters. The smallest absolute Gasteiger partial charge is 0.354 e. The van der Waals surface area contributed by atoms with E-state index in [1.54, 1.807) is 13.8 Å². The molecule has 2 aliphatic rings. The van der Waals surface area contributed by atoms with Gasteiger partial charge < -0.3 is 9.90 Å². The van der Waals surface area contributed by atoms with Crippen LogP contribution in [0.25, 0.3) is 0 Å². The van der Waals surface area contributed by atoms with Crippen molar-refractivity contribution < 1.29 is 24.5 Å². The molecule has 0 spiro atoms. The third-order valence-electron chi connectivity index (χ3n) is 2.90.